The highest BCUT2D eigenvalue weighted by Gasteiger charge is 2.73. The van der Waals surface area contributed by atoms with Crippen LogP contribution in [-0.2, 0) is 9.84 Å². The van der Waals surface area contributed by atoms with Gasteiger partial charge in [-0.1, -0.05) is 29.8 Å². The Hall–Kier alpha value is -2.70. The van der Waals surface area contributed by atoms with Crippen molar-refractivity contribution in [2.75, 3.05) is 0 Å². The van der Waals surface area contributed by atoms with Gasteiger partial charge in [0.1, 0.15) is 11.1 Å². The number of aryl methyl sites for hydroxylation is 1. The van der Waals surface area contributed by atoms with Gasteiger partial charge in [-0.15, -0.1) is 0 Å². The van der Waals surface area contributed by atoms with Crippen molar-refractivity contribution in [1.82, 2.24) is 0 Å². The number of nitriles is 2. The Labute approximate surface area is 139 Å². The zero-order chi connectivity index (χ0) is 17.5. The van der Waals surface area contributed by atoms with Crippen molar-refractivity contribution in [1.29, 1.82) is 10.5 Å². The van der Waals surface area contributed by atoms with E-state index < -0.39 is 32.2 Å². The van der Waals surface area contributed by atoms with Gasteiger partial charge in [-0.2, -0.15) is 10.5 Å². The Kier molecular flexibility index (Phi) is 3.66. The van der Waals surface area contributed by atoms with Gasteiger partial charge in [0.15, 0.2) is 15.3 Å². The van der Waals surface area contributed by atoms with Crippen molar-refractivity contribution < 1.29 is 12.8 Å². The van der Waals surface area contributed by atoms with E-state index in [2.05, 4.69) is 0 Å². The Balaban J connectivity index is 2.09. The maximum atomic E-state index is 13.1. The molecule has 24 heavy (non-hydrogen) atoms. The lowest BCUT2D eigenvalue weighted by molar-refractivity contribution is 0.591. The fraction of sp³-hybridized carbons (Fsp3) is 0.222. The first-order valence-corrected chi connectivity index (χ1v) is 8.80. The Morgan fingerprint density at radius 3 is 2.04 bits per heavy atom. The lowest BCUT2D eigenvalue weighted by Crippen LogP contribution is -2.14. The number of hydrogen-bond acceptors (Lipinski definition) is 4. The third-order valence-electron chi connectivity index (χ3n) is 4.42. The standard InChI is InChI=1S/C18H13FN2O2S/c1-12-2-8-15(9-3-12)24(22,23)17-16(18(17,10-20)11-21)13-4-6-14(19)7-5-13/h2-9,16-17H,1H3/t16-,17+/m0/s1. The third kappa shape index (κ3) is 2.28. The quantitative estimate of drug-likeness (QED) is 0.859. The molecule has 0 saturated heterocycles. The summed E-state index contributed by atoms with van der Waals surface area (Å²) < 4.78 is 38.9. The minimum atomic E-state index is -3.86. The molecule has 1 aliphatic rings. The average Bonchev–Trinajstić information content (AvgIpc) is 3.26. The fourth-order valence-electron chi connectivity index (χ4n) is 3.05. The average molecular weight is 340 g/mol. The van der Waals surface area contributed by atoms with Crippen LogP contribution in [0.5, 0.6) is 0 Å². The molecule has 0 heterocycles. The molecule has 0 spiro atoms. The van der Waals surface area contributed by atoms with Gasteiger partial charge in [0, 0.05) is 5.92 Å². The lowest BCUT2D eigenvalue weighted by Gasteiger charge is -2.04. The molecule has 0 aromatic heterocycles. The molecule has 1 aliphatic carbocycles. The van der Waals surface area contributed by atoms with E-state index in [1.165, 1.54) is 36.4 Å². The molecule has 4 nitrogen and oxygen atoms in total. The molecular weight excluding hydrogens is 327 g/mol. The van der Waals surface area contributed by atoms with E-state index in [1.807, 2.05) is 19.1 Å². The van der Waals surface area contributed by atoms with Crippen LogP contribution in [0.4, 0.5) is 4.39 Å². The molecule has 3 rings (SSSR count). The first-order chi connectivity index (χ1) is 11.4. The van der Waals surface area contributed by atoms with Crippen LogP contribution in [0.15, 0.2) is 53.4 Å². The summed E-state index contributed by atoms with van der Waals surface area (Å²) in [6.07, 6.45) is 0. The third-order valence-corrected chi connectivity index (χ3v) is 6.66. The molecule has 0 radical (unpaired) electrons. The van der Waals surface area contributed by atoms with E-state index >= 15 is 0 Å². The summed E-state index contributed by atoms with van der Waals surface area (Å²) in [6.45, 7) is 1.84. The summed E-state index contributed by atoms with van der Waals surface area (Å²) in [5.41, 5.74) is -0.270. The predicted octanol–water partition coefficient (Wildman–Crippen LogP) is 3.11. The fourth-order valence-corrected chi connectivity index (χ4v) is 5.26. The summed E-state index contributed by atoms with van der Waals surface area (Å²) >= 11 is 0. The summed E-state index contributed by atoms with van der Waals surface area (Å²) in [4.78, 5) is 0.0811. The van der Waals surface area contributed by atoms with Crippen molar-refractivity contribution in [3.63, 3.8) is 0 Å². The molecule has 0 bridgehead atoms. The van der Waals surface area contributed by atoms with Gasteiger partial charge in [-0.3, -0.25) is 0 Å². The van der Waals surface area contributed by atoms with Gasteiger partial charge in [-0.25, -0.2) is 12.8 Å². The largest absolute Gasteiger partial charge is 0.223 e. The van der Waals surface area contributed by atoms with Crippen LogP contribution in [0.1, 0.15) is 17.0 Å². The Bertz CT molecular complexity index is 954. The second kappa shape index (κ2) is 5.43. The van der Waals surface area contributed by atoms with Crippen LogP contribution in [0, 0.1) is 40.8 Å². The maximum Gasteiger partial charge on any atom is 0.184 e. The van der Waals surface area contributed by atoms with E-state index in [-0.39, 0.29) is 4.90 Å². The van der Waals surface area contributed by atoms with Crippen LogP contribution in [-0.4, -0.2) is 13.7 Å². The van der Waals surface area contributed by atoms with Crippen LogP contribution in [0.2, 0.25) is 0 Å². The van der Waals surface area contributed by atoms with E-state index in [0.717, 1.165) is 5.56 Å². The topological polar surface area (TPSA) is 81.7 Å². The van der Waals surface area contributed by atoms with Crippen molar-refractivity contribution in [2.45, 2.75) is 23.0 Å². The number of benzene rings is 2. The highest BCUT2D eigenvalue weighted by Crippen LogP contribution is 2.63. The van der Waals surface area contributed by atoms with Crippen molar-refractivity contribution in [3.05, 3.63) is 65.5 Å². The number of hydrogen-bond donors (Lipinski definition) is 0. The monoisotopic (exact) mass is 340 g/mol. The maximum absolute atomic E-state index is 13.1. The highest BCUT2D eigenvalue weighted by molar-refractivity contribution is 7.92. The molecule has 0 amide bonds. The molecule has 0 unspecified atom stereocenters. The molecule has 1 fully saturated rings. The molecule has 6 heteroatoms. The molecule has 2 aromatic carbocycles. The van der Waals surface area contributed by atoms with Gasteiger partial charge < -0.3 is 0 Å². The Morgan fingerprint density at radius 2 is 1.54 bits per heavy atom. The van der Waals surface area contributed by atoms with Crippen LogP contribution < -0.4 is 0 Å². The van der Waals surface area contributed by atoms with Crippen molar-refractivity contribution >= 4 is 9.84 Å². The van der Waals surface area contributed by atoms with E-state index in [9.17, 15) is 23.3 Å². The number of rotatable bonds is 3. The van der Waals surface area contributed by atoms with Gasteiger partial charge in [0.2, 0.25) is 0 Å². The minimum Gasteiger partial charge on any atom is -0.223 e. The van der Waals surface area contributed by atoms with E-state index in [4.69, 9.17) is 0 Å². The zero-order valence-electron chi connectivity index (χ0n) is 12.8. The van der Waals surface area contributed by atoms with Crippen LogP contribution >= 0.6 is 0 Å². The summed E-state index contributed by atoms with van der Waals surface area (Å²) in [6, 6.07) is 15.3. The predicted molar refractivity (Wildman–Crippen MR) is 85.0 cm³/mol. The minimum absolute atomic E-state index is 0.0811. The molecule has 0 aliphatic heterocycles. The lowest BCUT2D eigenvalue weighted by atomic mass is 10.0. The number of halogens is 1. The summed E-state index contributed by atoms with van der Waals surface area (Å²) in [5.74, 6) is -1.25. The molecule has 120 valence electrons. The highest BCUT2D eigenvalue weighted by atomic mass is 32.2. The zero-order valence-corrected chi connectivity index (χ0v) is 13.6. The molecular formula is C18H13FN2O2S. The van der Waals surface area contributed by atoms with Crippen molar-refractivity contribution in [2.24, 2.45) is 5.41 Å². The Morgan fingerprint density at radius 1 is 1.00 bits per heavy atom. The van der Waals surface area contributed by atoms with Gasteiger partial charge in [-0.05, 0) is 36.8 Å². The smallest absolute Gasteiger partial charge is 0.184 e. The second-order valence-electron chi connectivity index (χ2n) is 5.90. The molecule has 0 N–H and O–H groups in total. The summed E-state index contributed by atoms with van der Waals surface area (Å²) in [5, 5.41) is 17.8. The van der Waals surface area contributed by atoms with Gasteiger partial charge >= 0.3 is 0 Å². The van der Waals surface area contributed by atoms with Gasteiger partial charge in [0.25, 0.3) is 0 Å². The second-order valence-corrected chi connectivity index (χ2v) is 7.97. The van der Waals surface area contributed by atoms with Crippen LogP contribution in [0.3, 0.4) is 0 Å². The molecule has 2 atom stereocenters. The first-order valence-electron chi connectivity index (χ1n) is 7.25. The van der Waals surface area contributed by atoms with Crippen LogP contribution in [0.25, 0.3) is 0 Å². The number of sulfone groups is 1. The molecule has 1 saturated carbocycles. The number of nitrogens with zero attached hydrogens (tertiary/aromatic N) is 2. The van der Waals surface area contributed by atoms with E-state index in [1.54, 1.807) is 12.1 Å². The first kappa shape index (κ1) is 16.2. The van der Waals surface area contributed by atoms with Gasteiger partial charge in [0.05, 0.1) is 17.0 Å². The van der Waals surface area contributed by atoms with E-state index in [0.29, 0.717) is 5.56 Å². The van der Waals surface area contributed by atoms with Crippen molar-refractivity contribution in [3.8, 4) is 12.1 Å². The summed E-state index contributed by atoms with van der Waals surface area (Å²) in [7, 11) is -3.86. The molecule has 2 aromatic rings. The SMILES string of the molecule is Cc1ccc(S(=O)(=O)[C@@H]2[C@H](c3ccc(F)cc3)C2(C#N)C#N)cc1. The normalized spacial score (nSPS) is 21.5.